The van der Waals surface area contributed by atoms with E-state index in [0.29, 0.717) is 16.9 Å². The van der Waals surface area contributed by atoms with Gasteiger partial charge in [0, 0.05) is 6.10 Å². The van der Waals surface area contributed by atoms with Crippen LogP contribution in [0, 0.1) is 52.3 Å². The lowest BCUT2D eigenvalue weighted by Gasteiger charge is -2.61. The van der Waals surface area contributed by atoms with Gasteiger partial charge in [0.05, 0.1) is 0 Å². The Balaban J connectivity index is 1.41. The summed E-state index contributed by atoms with van der Waals surface area (Å²) in [6, 6.07) is 3.92. The fourth-order valence-corrected chi connectivity index (χ4v) is 13.6. The summed E-state index contributed by atoms with van der Waals surface area (Å²) in [5.74, 6) is 6.76. The molecule has 0 radical (unpaired) electrons. The van der Waals surface area contributed by atoms with E-state index in [9.17, 15) is 0 Å². The van der Waals surface area contributed by atoms with Crippen LogP contribution < -0.4 is 0 Å². The van der Waals surface area contributed by atoms with Crippen LogP contribution in [0.5, 0.6) is 0 Å². The summed E-state index contributed by atoms with van der Waals surface area (Å²) in [6.45, 7) is 20.1. The van der Waals surface area contributed by atoms with Crippen LogP contribution in [-0.4, -0.2) is 14.4 Å². The van der Waals surface area contributed by atoms with E-state index in [2.05, 4.69) is 55.4 Å². The van der Waals surface area contributed by atoms with Gasteiger partial charge in [-0.2, -0.15) is 0 Å². The number of rotatable bonds is 10. The quantitative estimate of drug-likeness (QED) is 0.270. The molecule has 0 aliphatic heterocycles. The Morgan fingerprint density at radius 1 is 0.771 bits per heavy atom. The van der Waals surface area contributed by atoms with Crippen LogP contribution in [0.15, 0.2) is 0 Å². The molecular weight excluding hydrogens is 440 g/mol. The minimum absolute atomic E-state index is 0.576. The van der Waals surface area contributed by atoms with Crippen molar-refractivity contribution in [1.29, 1.82) is 0 Å². The fourth-order valence-electron chi connectivity index (χ4n) is 10.7. The Kier molecular flexibility index (Phi) is 8.95. The van der Waals surface area contributed by atoms with Crippen molar-refractivity contribution in [3.63, 3.8) is 0 Å². The number of fused-ring (bicyclic) bond motifs is 5. The molecule has 4 aliphatic carbocycles. The minimum Gasteiger partial charge on any atom is -0.414 e. The molecule has 35 heavy (non-hydrogen) atoms. The van der Waals surface area contributed by atoms with Crippen LogP contribution in [0.1, 0.15) is 132 Å². The monoisotopic (exact) mass is 502 g/mol. The maximum Gasteiger partial charge on any atom is 0.192 e. The molecule has 0 saturated heterocycles. The largest absolute Gasteiger partial charge is 0.414 e. The van der Waals surface area contributed by atoms with Crippen molar-refractivity contribution in [1.82, 2.24) is 0 Å². The van der Waals surface area contributed by atoms with Crippen LogP contribution in [0.4, 0.5) is 0 Å². The number of hydrogen-bond acceptors (Lipinski definition) is 1. The minimum atomic E-state index is -1.48. The van der Waals surface area contributed by atoms with Crippen LogP contribution in [0.25, 0.3) is 0 Å². The van der Waals surface area contributed by atoms with Crippen molar-refractivity contribution >= 4 is 8.32 Å². The Morgan fingerprint density at radius 3 is 2.09 bits per heavy atom. The molecule has 0 heterocycles. The summed E-state index contributed by atoms with van der Waals surface area (Å²) < 4.78 is 7.07. The fraction of sp³-hybridized carbons (Fsp3) is 1.00. The zero-order valence-corrected chi connectivity index (χ0v) is 26.1. The molecule has 0 bridgehead atoms. The van der Waals surface area contributed by atoms with E-state index in [0.717, 1.165) is 41.4 Å². The van der Waals surface area contributed by atoms with Gasteiger partial charge in [0.25, 0.3) is 0 Å². The maximum atomic E-state index is 7.07. The standard InChI is InChI=1S/C33H62OSi/c1-9-35(10-2,11-3)34-27-19-21-32(7)26(23-27)15-16-28-30-18-17-29(25(6)14-12-13-24(4)5)33(30,8)22-20-31(28)32/h24-31H,9-23H2,1-8H3/t25-,26?,27+,28+,29-,30+,31+,32+,33-/m1/s1. The molecule has 4 aliphatic rings. The third-order valence-electron chi connectivity index (χ3n) is 13.2. The summed E-state index contributed by atoms with van der Waals surface area (Å²) >= 11 is 0. The van der Waals surface area contributed by atoms with Gasteiger partial charge in [-0.1, -0.05) is 74.7 Å². The first kappa shape index (κ1) is 28.2. The lowest BCUT2D eigenvalue weighted by molar-refractivity contribution is -0.127. The van der Waals surface area contributed by atoms with E-state index >= 15 is 0 Å². The first-order chi connectivity index (χ1) is 16.6. The highest BCUT2D eigenvalue weighted by atomic mass is 28.4. The summed E-state index contributed by atoms with van der Waals surface area (Å²) in [4.78, 5) is 0. The molecule has 0 aromatic heterocycles. The first-order valence-electron chi connectivity index (χ1n) is 16.3. The zero-order chi connectivity index (χ0) is 25.4. The van der Waals surface area contributed by atoms with Crippen LogP contribution in [0.2, 0.25) is 18.1 Å². The van der Waals surface area contributed by atoms with Gasteiger partial charge in [-0.15, -0.1) is 0 Å². The molecule has 4 saturated carbocycles. The second kappa shape index (κ2) is 11.1. The molecule has 2 heteroatoms. The average molecular weight is 503 g/mol. The van der Waals surface area contributed by atoms with Crippen molar-refractivity contribution in [2.45, 2.75) is 157 Å². The van der Waals surface area contributed by atoms with Crippen LogP contribution in [-0.2, 0) is 4.43 Å². The SMILES string of the molecule is CC[Si](CC)(CC)O[C@H]1CC[C@@]2(C)C(CC[C@H]3[C@@H]4CC[C@H]([C@H](C)CCCC(C)C)[C@@]4(C)CC[C@@H]32)C1. The van der Waals surface area contributed by atoms with Crippen LogP contribution >= 0.6 is 0 Å². The van der Waals surface area contributed by atoms with Crippen molar-refractivity contribution in [2.24, 2.45) is 52.3 Å². The predicted molar refractivity (Wildman–Crippen MR) is 155 cm³/mol. The van der Waals surface area contributed by atoms with E-state index in [4.69, 9.17) is 4.43 Å². The van der Waals surface area contributed by atoms with Gasteiger partial charge < -0.3 is 4.43 Å². The molecule has 0 aromatic carbocycles. The smallest absolute Gasteiger partial charge is 0.192 e. The van der Waals surface area contributed by atoms with Crippen LogP contribution in [0.3, 0.4) is 0 Å². The summed E-state index contributed by atoms with van der Waals surface area (Å²) in [6.07, 6.45) is 18.3. The topological polar surface area (TPSA) is 9.23 Å². The number of hydrogen-bond donors (Lipinski definition) is 0. The van der Waals surface area contributed by atoms with Gasteiger partial charge in [-0.3, -0.25) is 0 Å². The Morgan fingerprint density at radius 2 is 1.43 bits per heavy atom. The predicted octanol–water partition coefficient (Wildman–Crippen LogP) is 10.5. The molecule has 0 N–H and O–H groups in total. The van der Waals surface area contributed by atoms with Gasteiger partial charge >= 0.3 is 0 Å². The lowest BCUT2D eigenvalue weighted by atomic mass is 9.44. The van der Waals surface area contributed by atoms with Crippen molar-refractivity contribution in [3.05, 3.63) is 0 Å². The van der Waals surface area contributed by atoms with E-state index in [1.165, 1.54) is 88.8 Å². The van der Waals surface area contributed by atoms with E-state index in [1.807, 2.05) is 0 Å². The zero-order valence-electron chi connectivity index (χ0n) is 25.1. The third kappa shape index (κ3) is 5.24. The molecule has 204 valence electrons. The summed E-state index contributed by atoms with van der Waals surface area (Å²) in [5.41, 5.74) is 1.23. The molecule has 1 unspecified atom stereocenters. The Labute approximate surface area is 221 Å². The third-order valence-corrected chi connectivity index (χ3v) is 17.9. The molecule has 0 spiro atoms. The first-order valence-corrected chi connectivity index (χ1v) is 18.8. The second-order valence-electron chi connectivity index (χ2n) is 14.9. The summed E-state index contributed by atoms with van der Waals surface area (Å²) in [5, 5.41) is 0. The van der Waals surface area contributed by atoms with E-state index in [-0.39, 0.29) is 0 Å². The maximum absolute atomic E-state index is 7.07. The molecule has 1 nitrogen and oxygen atoms in total. The average Bonchev–Trinajstić information content (AvgIpc) is 3.20. The molecule has 4 fully saturated rings. The second-order valence-corrected chi connectivity index (χ2v) is 19.7. The highest BCUT2D eigenvalue weighted by Crippen LogP contribution is 2.68. The lowest BCUT2D eigenvalue weighted by Crippen LogP contribution is -2.55. The molecule has 0 amide bonds. The molecule has 4 rings (SSSR count). The van der Waals surface area contributed by atoms with Gasteiger partial charge in [0.15, 0.2) is 8.32 Å². The highest BCUT2D eigenvalue weighted by Gasteiger charge is 2.60. The highest BCUT2D eigenvalue weighted by molar-refractivity contribution is 6.73. The molecule has 9 atom stereocenters. The van der Waals surface area contributed by atoms with Crippen molar-refractivity contribution in [2.75, 3.05) is 0 Å². The van der Waals surface area contributed by atoms with Gasteiger partial charge in [-0.05, 0) is 128 Å². The van der Waals surface area contributed by atoms with Crippen molar-refractivity contribution in [3.8, 4) is 0 Å². The van der Waals surface area contributed by atoms with E-state index in [1.54, 1.807) is 6.42 Å². The Hall–Kier alpha value is 0.177. The molecule has 0 aromatic rings. The normalized spacial score (nSPS) is 42.4. The van der Waals surface area contributed by atoms with Gasteiger partial charge in [-0.25, -0.2) is 0 Å². The van der Waals surface area contributed by atoms with E-state index < -0.39 is 8.32 Å². The molecular formula is C33H62OSi. The van der Waals surface area contributed by atoms with Gasteiger partial charge in [0.1, 0.15) is 0 Å². The van der Waals surface area contributed by atoms with Crippen molar-refractivity contribution < 1.29 is 4.43 Å². The van der Waals surface area contributed by atoms with Gasteiger partial charge in [0.2, 0.25) is 0 Å². The summed E-state index contributed by atoms with van der Waals surface area (Å²) in [7, 11) is -1.48. The Bertz CT molecular complexity index is 676.